The molecule has 94 valence electrons. The van der Waals surface area contributed by atoms with Gasteiger partial charge in [0.2, 0.25) is 0 Å². The van der Waals surface area contributed by atoms with Gasteiger partial charge in [-0.05, 0) is 37.1 Å². The van der Waals surface area contributed by atoms with Gasteiger partial charge in [-0.25, -0.2) is 0 Å². The predicted octanol–water partition coefficient (Wildman–Crippen LogP) is 1.01. The van der Waals surface area contributed by atoms with E-state index in [1.165, 1.54) is 4.68 Å². The van der Waals surface area contributed by atoms with E-state index in [9.17, 15) is 9.90 Å². The van der Waals surface area contributed by atoms with Gasteiger partial charge < -0.3 is 10.8 Å². The van der Waals surface area contributed by atoms with Crippen molar-refractivity contribution in [2.24, 2.45) is 5.73 Å². The summed E-state index contributed by atoms with van der Waals surface area (Å²) >= 11 is 0. The van der Waals surface area contributed by atoms with Crippen LogP contribution in [0.5, 0.6) is 5.75 Å². The first-order chi connectivity index (χ1) is 8.51. The Morgan fingerprint density at radius 3 is 2.39 bits per heavy atom. The molecule has 3 N–H and O–H groups in total. The predicted molar refractivity (Wildman–Crippen MR) is 68.9 cm³/mol. The molecule has 0 aliphatic carbocycles. The molecule has 0 atom stereocenters. The molecule has 0 aliphatic rings. The van der Waals surface area contributed by atoms with Crippen LogP contribution in [0.2, 0.25) is 0 Å². The summed E-state index contributed by atoms with van der Waals surface area (Å²) in [6.07, 6.45) is 0. The average Bonchev–Trinajstić information content (AvgIpc) is 2.27. The van der Waals surface area contributed by atoms with Crippen LogP contribution >= 0.6 is 0 Å². The van der Waals surface area contributed by atoms with Crippen LogP contribution in [0.25, 0.3) is 5.69 Å². The lowest BCUT2D eigenvalue weighted by Gasteiger charge is -2.09. The summed E-state index contributed by atoms with van der Waals surface area (Å²) in [5, 5.41) is 13.6. The van der Waals surface area contributed by atoms with Gasteiger partial charge in [0.05, 0.1) is 5.69 Å². The second kappa shape index (κ2) is 4.62. The minimum Gasteiger partial charge on any atom is -0.506 e. The number of aryl methyl sites for hydroxylation is 2. The molecule has 0 aliphatic heterocycles. The van der Waals surface area contributed by atoms with Crippen molar-refractivity contribution in [1.29, 1.82) is 0 Å². The highest BCUT2D eigenvalue weighted by atomic mass is 16.3. The number of aromatic hydroxyl groups is 1. The molecule has 2 rings (SSSR count). The van der Waals surface area contributed by atoms with E-state index in [2.05, 4.69) is 5.10 Å². The lowest BCUT2D eigenvalue weighted by molar-refractivity contribution is 0.457. The first-order valence-corrected chi connectivity index (χ1v) is 5.62. The molecule has 1 heterocycles. The van der Waals surface area contributed by atoms with E-state index in [1.54, 1.807) is 0 Å². The first kappa shape index (κ1) is 12.3. The monoisotopic (exact) mass is 245 g/mol. The fourth-order valence-electron chi connectivity index (χ4n) is 1.89. The zero-order chi connectivity index (χ0) is 13.3. The molecule has 5 heteroatoms. The van der Waals surface area contributed by atoms with Gasteiger partial charge in [0.15, 0.2) is 0 Å². The fraction of sp³-hybridized carbons (Fsp3) is 0.231. The van der Waals surface area contributed by atoms with Gasteiger partial charge in [-0.3, -0.25) is 4.79 Å². The molecule has 0 amide bonds. The van der Waals surface area contributed by atoms with Crippen molar-refractivity contribution in [3.05, 3.63) is 51.4 Å². The number of rotatable bonds is 2. The van der Waals surface area contributed by atoms with Crippen molar-refractivity contribution in [1.82, 2.24) is 9.78 Å². The van der Waals surface area contributed by atoms with Crippen molar-refractivity contribution in [2.45, 2.75) is 20.4 Å². The molecule has 0 fully saturated rings. The van der Waals surface area contributed by atoms with Crippen LogP contribution in [0.1, 0.15) is 16.8 Å². The van der Waals surface area contributed by atoms with E-state index in [-0.39, 0.29) is 17.9 Å². The smallest absolute Gasteiger partial charge is 0.275 e. The highest BCUT2D eigenvalue weighted by Crippen LogP contribution is 2.14. The number of hydrogen-bond donors (Lipinski definition) is 2. The molecule has 5 nitrogen and oxygen atoms in total. The van der Waals surface area contributed by atoms with E-state index < -0.39 is 0 Å². The summed E-state index contributed by atoms with van der Waals surface area (Å²) in [5.41, 5.74) is 8.15. The third-order valence-electron chi connectivity index (χ3n) is 2.63. The second-order valence-electron chi connectivity index (χ2n) is 4.28. The third kappa shape index (κ3) is 2.26. The van der Waals surface area contributed by atoms with Gasteiger partial charge in [-0.2, -0.15) is 9.78 Å². The third-order valence-corrected chi connectivity index (χ3v) is 2.63. The number of nitrogens with two attached hydrogens (primary N) is 1. The maximum absolute atomic E-state index is 11.8. The molecule has 0 bridgehead atoms. The molecule has 0 unspecified atom stereocenters. The minimum absolute atomic E-state index is 0.0803. The van der Waals surface area contributed by atoms with E-state index in [4.69, 9.17) is 5.73 Å². The Balaban J connectivity index is 2.67. The van der Waals surface area contributed by atoms with Crippen molar-refractivity contribution < 1.29 is 5.11 Å². The normalized spacial score (nSPS) is 10.6. The summed E-state index contributed by atoms with van der Waals surface area (Å²) < 4.78 is 1.25. The molecule has 1 aromatic carbocycles. The van der Waals surface area contributed by atoms with Crippen molar-refractivity contribution in [2.75, 3.05) is 0 Å². The topological polar surface area (TPSA) is 81.1 Å². The van der Waals surface area contributed by atoms with Crippen LogP contribution in [0.3, 0.4) is 0 Å². The Hall–Kier alpha value is -2.14. The molecule has 18 heavy (non-hydrogen) atoms. The highest BCUT2D eigenvalue weighted by molar-refractivity contribution is 5.39. The standard InChI is InChI=1S/C13H15N3O2/c1-8-3-9(2)5-10(4-8)16-13(18)6-12(17)11(7-14)15-16/h3-6,17H,7,14H2,1-2H3. The number of aromatic nitrogens is 2. The summed E-state index contributed by atoms with van der Waals surface area (Å²) in [4.78, 5) is 11.8. The Kier molecular flexibility index (Phi) is 3.16. The number of hydrogen-bond acceptors (Lipinski definition) is 4. The van der Waals surface area contributed by atoms with Crippen LogP contribution in [0.15, 0.2) is 29.1 Å². The van der Waals surface area contributed by atoms with Crippen LogP contribution in [-0.2, 0) is 6.54 Å². The number of benzene rings is 1. The lowest BCUT2D eigenvalue weighted by atomic mass is 10.1. The SMILES string of the molecule is Cc1cc(C)cc(-n2nc(CN)c(O)cc2=O)c1. The van der Waals surface area contributed by atoms with Crippen molar-refractivity contribution >= 4 is 0 Å². The summed E-state index contributed by atoms with van der Waals surface area (Å²) in [7, 11) is 0. The molecule has 1 aromatic heterocycles. The summed E-state index contributed by atoms with van der Waals surface area (Å²) in [5.74, 6) is -0.164. The van der Waals surface area contributed by atoms with Crippen LogP contribution in [0, 0.1) is 13.8 Å². The van der Waals surface area contributed by atoms with E-state index in [0.717, 1.165) is 17.2 Å². The van der Waals surface area contributed by atoms with E-state index in [0.29, 0.717) is 11.4 Å². The molecule has 0 radical (unpaired) electrons. The van der Waals surface area contributed by atoms with Crippen molar-refractivity contribution in [3.63, 3.8) is 0 Å². The fourth-order valence-corrected chi connectivity index (χ4v) is 1.89. The van der Waals surface area contributed by atoms with Crippen molar-refractivity contribution in [3.8, 4) is 11.4 Å². The van der Waals surface area contributed by atoms with Gasteiger partial charge >= 0.3 is 0 Å². The highest BCUT2D eigenvalue weighted by Gasteiger charge is 2.08. The van der Waals surface area contributed by atoms with Crippen LogP contribution in [0.4, 0.5) is 0 Å². The Morgan fingerprint density at radius 1 is 1.22 bits per heavy atom. The first-order valence-electron chi connectivity index (χ1n) is 5.62. The molecular weight excluding hydrogens is 230 g/mol. The molecule has 0 saturated carbocycles. The van der Waals surface area contributed by atoms with Gasteiger partial charge in [0.25, 0.3) is 5.56 Å². The maximum Gasteiger partial charge on any atom is 0.275 e. The van der Waals surface area contributed by atoms with Crippen LogP contribution < -0.4 is 11.3 Å². The number of nitrogens with zero attached hydrogens (tertiary/aromatic N) is 2. The largest absolute Gasteiger partial charge is 0.506 e. The lowest BCUT2D eigenvalue weighted by Crippen LogP contribution is -2.22. The molecule has 2 aromatic rings. The Morgan fingerprint density at radius 2 is 1.83 bits per heavy atom. The quantitative estimate of drug-likeness (QED) is 0.827. The summed E-state index contributed by atoms with van der Waals surface area (Å²) in [6, 6.07) is 6.86. The van der Waals surface area contributed by atoms with Gasteiger partial charge in [-0.15, -0.1) is 0 Å². The van der Waals surface area contributed by atoms with Gasteiger partial charge in [-0.1, -0.05) is 6.07 Å². The Labute approximate surface area is 104 Å². The molecule has 0 spiro atoms. The van der Waals surface area contributed by atoms with Gasteiger partial charge in [0, 0.05) is 12.6 Å². The van der Waals surface area contributed by atoms with Gasteiger partial charge in [0.1, 0.15) is 11.4 Å². The van der Waals surface area contributed by atoms with E-state index >= 15 is 0 Å². The summed E-state index contributed by atoms with van der Waals surface area (Å²) in [6.45, 7) is 3.98. The van der Waals surface area contributed by atoms with E-state index in [1.807, 2.05) is 32.0 Å². The molecular formula is C13H15N3O2. The van der Waals surface area contributed by atoms with Crippen LogP contribution in [-0.4, -0.2) is 14.9 Å². The zero-order valence-corrected chi connectivity index (χ0v) is 10.3. The maximum atomic E-state index is 11.8. The Bertz CT molecular complexity index is 627. The zero-order valence-electron chi connectivity index (χ0n) is 10.3. The minimum atomic E-state index is -0.380. The average molecular weight is 245 g/mol. The second-order valence-corrected chi connectivity index (χ2v) is 4.28. The molecule has 0 saturated heterocycles.